The Balaban J connectivity index is 4.07. The minimum absolute atomic E-state index is 0.702. The van der Waals surface area contributed by atoms with E-state index in [1.54, 1.807) is 0 Å². The Morgan fingerprint density at radius 3 is 1.80 bits per heavy atom. The summed E-state index contributed by atoms with van der Waals surface area (Å²) < 4.78 is 23.7. The lowest BCUT2D eigenvalue weighted by Crippen LogP contribution is -1.99. The van der Waals surface area contributed by atoms with Gasteiger partial charge in [-0.2, -0.15) is 0 Å². The summed E-state index contributed by atoms with van der Waals surface area (Å²) in [5.74, 6) is -0.702. The second kappa shape index (κ2) is 3.71. The Morgan fingerprint density at radius 2 is 1.70 bits per heavy atom. The fourth-order valence-electron chi connectivity index (χ4n) is 0.307. The highest BCUT2D eigenvalue weighted by Crippen LogP contribution is 2.47. The molecular weight excluding hydrogens is 159 g/mol. The molecule has 0 aromatic carbocycles. The quantitative estimate of drug-likeness (QED) is 0.587. The molecule has 0 saturated heterocycles. The third-order valence-electron chi connectivity index (χ3n) is 0.688. The number of carbonyl (C=O) groups excluding carboxylic acids is 1. The Bertz CT molecular complexity index is 157. The topological polar surface area (TPSA) is 61.8 Å². The monoisotopic (exact) mass is 168 g/mol. The van der Waals surface area contributed by atoms with Gasteiger partial charge in [-0.15, -0.1) is 0 Å². The summed E-state index contributed by atoms with van der Waals surface area (Å²) in [5.41, 5.74) is 0. The molecule has 0 atom stereocenters. The van der Waals surface area contributed by atoms with Crippen molar-refractivity contribution in [3.63, 3.8) is 0 Å². The lowest BCUT2D eigenvalue weighted by atomic mass is 10.9. The van der Waals surface area contributed by atoms with Gasteiger partial charge in [0.1, 0.15) is 0 Å². The maximum Gasteiger partial charge on any atom is 0.531 e. The molecule has 0 radical (unpaired) electrons. The highest BCUT2D eigenvalue weighted by Gasteiger charge is 2.25. The van der Waals surface area contributed by atoms with Crippen molar-refractivity contribution in [1.82, 2.24) is 0 Å². The standard InChI is InChI=1S/C4H9O5P/c1-4(5)9-10(6,7-2)8-3/h1-3H3. The van der Waals surface area contributed by atoms with E-state index in [-0.39, 0.29) is 0 Å². The van der Waals surface area contributed by atoms with Crippen LogP contribution in [0.15, 0.2) is 0 Å². The van der Waals surface area contributed by atoms with Crippen LogP contribution >= 0.6 is 7.82 Å². The summed E-state index contributed by atoms with van der Waals surface area (Å²) in [5, 5.41) is 0. The SMILES string of the molecule is COP(=O)(OC)OC(C)=O. The van der Waals surface area contributed by atoms with Gasteiger partial charge in [-0.1, -0.05) is 0 Å². The van der Waals surface area contributed by atoms with E-state index in [0.717, 1.165) is 21.1 Å². The van der Waals surface area contributed by atoms with E-state index >= 15 is 0 Å². The van der Waals surface area contributed by atoms with Crippen molar-refractivity contribution in [2.24, 2.45) is 0 Å². The van der Waals surface area contributed by atoms with Gasteiger partial charge in [0.05, 0.1) is 0 Å². The average molecular weight is 168 g/mol. The highest BCUT2D eigenvalue weighted by molar-refractivity contribution is 7.49. The predicted molar refractivity (Wildman–Crippen MR) is 33.4 cm³/mol. The van der Waals surface area contributed by atoms with Crippen LogP contribution < -0.4 is 0 Å². The number of hydrogen-bond acceptors (Lipinski definition) is 5. The first-order chi connectivity index (χ1) is 4.54. The molecule has 0 spiro atoms. The summed E-state index contributed by atoms with van der Waals surface area (Å²) in [6.07, 6.45) is 0. The van der Waals surface area contributed by atoms with Crippen LogP contribution in [0.3, 0.4) is 0 Å². The third-order valence-corrected chi connectivity index (χ3v) is 2.06. The number of rotatable bonds is 3. The summed E-state index contributed by atoms with van der Waals surface area (Å²) in [4.78, 5) is 10.2. The molecule has 0 saturated carbocycles. The second-order valence-corrected chi connectivity index (χ2v) is 3.20. The molecule has 5 nitrogen and oxygen atoms in total. The molecule has 0 bridgehead atoms. The van der Waals surface area contributed by atoms with Crippen molar-refractivity contribution in [3.8, 4) is 0 Å². The molecule has 0 heterocycles. The zero-order valence-electron chi connectivity index (χ0n) is 5.99. The fourth-order valence-corrected chi connectivity index (χ4v) is 0.920. The van der Waals surface area contributed by atoms with Gasteiger partial charge in [0, 0.05) is 21.1 Å². The largest absolute Gasteiger partial charge is 0.531 e. The molecule has 0 fully saturated rings. The van der Waals surface area contributed by atoms with Gasteiger partial charge >= 0.3 is 13.8 Å². The van der Waals surface area contributed by atoms with E-state index in [1.807, 2.05) is 0 Å². The molecule has 0 aliphatic heterocycles. The number of hydrogen-bond donors (Lipinski definition) is 0. The molecule has 0 aromatic heterocycles. The van der Waals surface area contributed by atoms with Crippen LogP contribution in [-0.2, 0) is 22.9 Å². The minimum atomic E-state index is -3.59. The van der Waals surface area contributed by atoms with E-state index in [0.29, 0.717) is 0 Å². The van der Waals surface area contributed by atoms with Crippen LogP contribution in [0, 0.1) is 0 Å². The van der Waals surface area contributed by atoms with E-state index in [4.69, 9.17) is 0 Å². The fraction of sp³-hybridized carbons (Fsp3) is 0.750. The molecule has 10 heavy (non-hydrogen) atoms. The number of phosphoric ester groups is 1. The first kappa shape index (κ1) is 9.62. The molecule has 60 valence electrons. The molecule has 0 aliphatic rings. The zero-order chi connectivity index (χ0) is 8.20. The maximum atomic E-state index is 10.9. The van der Waals surface area contributed by atoms with E-state index in [1.165, 1.54) is 0 Å². The Labute approximate surface area is 58.9 Å². The second-order valence-electron chi connectivity index (χ2n) is 1.40. The van der Waals surface area contributed by atoms with Crippen LogP contribution in [0.5, 0.6) is 0 Å². The van der Waals surface area contributed by atoms with Gasteiger partial charge in [-0.25, -0.2) is 4.57 Å². The normalized spacial score (nSPS) is 11.1. The maximum absolute atomic E-state index is 10.9. The van der Waals surface area contributed by atoms with Crippen molar-refractivity contribution < 1.29 is 22.9 Å². The summed E-state index contributed by atoms with van der Waals surface area (Å²) in [7, 11) is -1.32. The van der Waals surface area contributed by atoms with E-state index in [2.05, 4.69) is 13.6 Å². The van der Waals surface area contributed by atoms with Crippen molar-refractivity contribution in [3.05, 3.63) is 0 Å². The van der Waals surface area contributed by atoms with Gasteiger partial charge in [0.2, 0.25) is 0 Å². The molecule has 0 aliphatic carbocycles. The van der Waals surface area contributed by atoms with Crippen molar-refractivity contribution in [2.75, 3.05) is 14.2 Å². The Hall–Kier alpha value is -0.380. The van der Waals surface area contributed by atoms with Gasteiger partial charge < -0.3 is 4.52 Å². The van der Waals surface area contributed by atoms with Gasteiger partial charge in [0.25, 0.3) is 0 Å². The number of phosphoric acid groups is 1. The molecular formula is C4H9O5P. The minimum Gasteiger partial charge on any atom is -0.371 e. The van der Waals surface area contributed by atoms with Gasteiger partial charge in [-0.3, -0.25) is 13.8 Å². The third kappa shape index (κ3) is 2.96. The van der Waals surface area contributed by atoms with Crippen LogP contribution in [0.25, 0.3) is 0 Å². The molecule has 0 amide bonds. The molecule has 0 unspecified atom stereocenters. The molecule has 0 rings (SSSR count). The van der Waals surface area contributed by atoms with Crippen molar-refractivity contribution in [1.29, 1.82) is 0 Å². The average Bonchev–Trinajstić information content (AvgIpc) is 1.87. The Morgan fingerprint density at radius 1 is 1.30 bits per heavy atom. The van der Waals surface area contributed by atoms with Crippen molar-refractivity contribution in [2.45, 2.75) is 6.92 Å². The van der Waals surface area contributed by atoms with Crippen LogP contribution in [-0.4, -0.2) is 20.2 Å². The van der Waals surface area contributed by atoms with Gasteiger partial charge in [-0.05, 0) is 0 Å². The predicted octanol–water partition coefficient (Wildman–Crippen LogP) is 0.950. The summed E-state index contributed by atoms with van der Waals surface area (Å²) in [6, 6.07) is 0. The summed E-state index contributed by atoms with van der Waals surface area (Å²) in [6.45, 7) is 1.12. The van der Waals surface area contributed by atoms with E-state index < -0.39 is 13.8 Å². The molecule has 0 aromatic rings. The smallest absolute Gasteiger partial charge is 0.371 e. The molecule has 6 heteroatoms. The zero-order valence-corrected chi connectivity index (χ0v) is 6.88. The van der Waals surface area contributed by atoms with Crippen LogP contribution in [0.1, 0.15) is 6.92 Å². The summed E-state index contributed by atoms with van der Waals surface area (Å²) >= 11 is 0. The first-order valence-electron chi connectivity index (χ1n) is 2.46. The van der Waals surface area contributed by atoms with Crippen LogP contribution in [0.2, 0.25) is 0 Å². The van der Waals surface area contributed by atoms with Crippen molar-refractivity contribution >= 4 is 13.8 Å². The van der Waals surface area contributed by atoms with Gasteiger partial charge in [0.15, 0.2) is 0 Å². The van der Waals surface area contributed by atoms with E-state index in [9.17, 15) is 9.36 Å². The highest BCUT2D eigenvalue weighted by atomic mass is 31.2. The van der Waals surface area contributed by atoms with Crippen LogP contribution in [0.4, 0.5) is 0 Å². The number of carbonyl (C=O) groups is 1. The lowest BCUT2D eigenvalue weighted by molar-refractivity contribution is -0.133. The lowest BCUT2D eigenvalue weighted by Gasteiger charge is -2.10. The Kier molecular flexibility index (Phi) is 3.57. The molecule has 0 N–H and O–H groups in total. The first-order valence-corrected chi connectivity index (χ1v) is 3.92.